The molecule has 0 aromatic heterocycles. The Morgan fingerprint density at radius 2 is 1.28 bits per heavy atom. The van der Waals surface area contributed by atoms with Gasteiger partial charge in [0.2, 0.25) is 0 Å². The first-order valence-corrected chi connectivity index (χ1v) is 13.1. The zero-order chi connectivity index (χ0) is 25.5. The van der Waals surface area contributed by atoms with E-state index in [4.69, 9.17) is 9.47 Å². The summed E-state index contributed by atoms with van der Waals surface area (Å²) in [5.41, 5.74) is 1.96. The van der Waals surface area contributed by atoms with Crippen LogP contribution in [0.15, 0.2) is 54.6 Å². The predicted octanol–water partition coefficient (Wildman–Crippen LogP) is 9.18. The topological polar surface area (TPSA) is 18.5 Å². The molecule has 0 radical (unpaired) electrons. The van der Waals surface area contributed by atoms with Crippen LogP contribution in [-0.2, 0) is 0 Å². The van der Waals surface area contributed by atoms with Gasteiger partial charge in [-0.3, -0.25) is 0 Å². The number of benzene rings is 3. The molecule has 192 valence electrons. The lowest BCUT2D eigenvalue weighted by atomic mass is 9.75. The molecule has 36 heavy (non-hydrogen) atoms. The zero-order valence-corrected chi connectivity index (χ0v) is 21.2. The molecular weight excluding hydrogens is 461 g/mol. The second kappa shape index (κ2) is 12.3. The van der Waals surface area contributed by atoms with E-state index in [-0.39, 0.29) is 23.2 Å². The molecule has 1 fully saturated rings. The van der Waals surface area contributed by atoms with Crippen LogP contribution in [0.3, 0.4) is 0 Å². The number of hydrogen-bond donors (Lipinski definition) is 0. The van der Waals surface area contributed by atoms with Crippen LogP contribution in [0.2, 0.25) is 0 Å². The summed E-state index contributed by atoms with van der Waals surface area (Å²) in [7, 11) is 0. The van der Waals surface area contributed by atoms with E-state index in [2.05, 4.69) is 6.92 Å². The third kappa shape index (κ3) is 6.05. The molecule has 1 aliphatic carbocycles. The Morgan fingerprint density at radius 3 is 1.92 bits per heavy atom. The van der Waals surface area contributed by atoms with Gasteiger partial charge in [0.15, 0.2) is 11.6 Å². The van der Waals surface area contributed by atoms with E-state index in [0.29, 0.717) is 54.2 Å². The highest BCUT2D eigenvalue weighted by Crippen LogP contribution is 2.43. The maximum Gasteiger partial charge on any atom is 0.166 e. The van der Waals surface area contributed by atoms with Crippen LogP contribution in [0.25, 0.3) is 11.1 Å². The van der Waals surface area contributed by atoms with E-state index in [1.54, 1.807) is 36.4 Å². The fourth-order valence-corrected chi connectivity index (χ4v) is 5.03. The van der Waals surface area contributed by atoms with Gasteiger partial charge in [0.25, 0.3) is 0 Å². The Hall–Kier alpha value is -2.95. The van der Waals surface area contributed by atoms with Crippen LogP contribution in [0.5, 0.6) is 11.5 Å². The maximum atomic E-state index is 15.2. The SMILES string of the molecule is CCCCOc1ccc(C2CCC(c3ccc(-c4ccc(OCCC)cc4)c(F)c3F)CC2)c(F)c1. The maximum absolute atomic E-state index is 15.2. The lowest BCUT2D eigenvalue weighted by Gasteiger charge is -2.30. The van der Waals surface area contributed by atoms with Gasteiger partial charge in [-0.15, -0.1) is 0 Å². The first-order chi connectivity index (χ1) is 17.5. The molecule has 3 aromatic rings. The normalized spacial score (nSPS) is 17.7. The van der Waals surface area contributed by atoms with Crippen molar-refractivity contribution in [2.45, 2.75) is 70.6 Å². The average molecular weight is 497 g/mol. The van der Waals surface area contributed by atoms with Crippen molar-refractivity contribution in [2.75, 3.05) is 13.2 Å². The van der Waals surface area contributed by atoms with Crippen molar-refractivity contribution in [1.82, 2.24) is 0 Å². The van der Waals surface area contributed by atoms with Crippen molar-refractivity contribution in [3.63, 3.8) is 0 Å². The standard InChI is InChI=1S/C31H35F3O2/c1-3-5-19-36-25-14-15-26(29(32)20-25)21-6-8-22(9-7-21)27-16-17-28(31(34)30(27)33)23-10-12-24(13-11-23)35-18-4-2/h10-17,20-22H,3-9,18-19H2,1-2H3. The number of ether oxygens (including phenoxy) is 2. The molecule has 0 saturated heterocycles. The molecule has 5 heteroatoms. The number of rotatable bonds is 10. The van der Waals surface area contributed by atoms with Crippen LogP contribution in [-0.4, -0.2) is 13.2 Å². The number of unbranched alkanes of at least 4 members (excludes halogenated alkanes) is 1. The second-order valence-electron chi connectivity index (χ2n) is 9.64. The fourth-order valence-electron chi connectivity index (χ4n) is 5.03. The Labute approximate surface area is 212 Å². The van der Waals surface area contributed by atoms with E-state index < -0.39 is 11.6 Å². The smallest absolute Gasteiger partial charge is 0.166 e. The lowest BCUT2D eigenvalue weighted by molar-refractivity contribution is 0.307. The number of hydrogen-bond acceptors (Lipinski definition) is 2. The fraction of sp³-hybridized carbons (Fsp3) is 0.419. The molecule has 0 unspecified atom stereocenters. The highest BCUT2D eigenvalue weighted by Gasteiger charge is 2.28. The highest BCUT2D eigenvalue weighted by molar-refractivity contribution is 5.65. The molecule has 0 bridgehead atoms. The summed E-state index contributed by atoms with van der Waals surface area (Å²) in [5.74, 6) is -0.575. The third-order valence-corrected chi connectivity index (χ3v) is 7.10. The van der Waals surface area contributed by atoms with Gasteiger partial charge in [0, 0.05) is 11.6 Å². The molecule has 0 amide bonds. The van der Waals surface area contributed by atoms with E-state index in [1.165, 1.54) is 6.07 Å². The zero-order valence-electron chi connectivity index (χ0n) is 21.2. The Morgan fingerprint density at radius 1 is 0.667 bits per heavy atom. The van der Waals surface area contributed by atoms with Crippen molar-refractivity contribution >= 4 is 0 Å². The van der Waals surface area contributed by atoms with Gasteiger partial charge in [-0.1, -0.05) is 50.6 Å². The van der Waals surface area contributed by atoms with Gasteiger partial charge in [0.05, 0.1) is 13.2 Å². The number of halogens is 3. The monoisotopic (exact) mass is 496 g/mol. The summed E-state index contributed by atoms with van der Waals surface area (Å²) >= 11 is 0. The third-order valence-electron chi connectivity index (χ3n) is 7.10. The van der Waals surface area contributed by atoms with Crippen LogP contribution >= 0.6 is 0 Å². The van der Waals surface area contributed by atoms with Crippen LogP contribution in [0.4, 0.5) is 13.2 Å². The summed E-state index contributed by atoms with van der Waals surface area (Å²) in [6.45, 7) is 5.31. The van der Waals surface area contributed by atoms with Crippen molar-refractivity contribution in [3.8, 4) is 22.6 Å². The van der Waals surface area contributed by atoms with Gasteiger partial charge >= 0.3 is 0 Å². The van der Waals surface area contributed by atoms with Gasteiger partial charge in [0.1, 0.15) is 17.3 Å². The minimum atomic E-state index is -0.818. The summed E-state index contributed by atoms with van der Waals surface area (Å²) < 4.78 is 56.2. The van der Waals surface area contributed by atoms with Crippen LogP contribution < -0.4 is 9.47 Å². The van der Waals surface area contributed by atoms with Crippen LogP contribution in [0, 0.1) is 17.5 Å². The quantitative estimate of drug-likeness (QED) is 0.261. The molecule has 0 N–H and O–H groups in total. The van der Waals surface area contributed by atoms with Crippen LogP contribution in [0.1, 0.15) is 81.8 Å². The summed E-state index contributed by atoms with van der Waals surface area (Å²) in [6.07, 6.45) is 5.72. The van der Waals surface area contributed by atoms with Gasteiger partial charge in [-0.05, 0) is 85.3 Å². The second-order valence-corrected chi connectivity index (χ2v) is 9.64. The molecule has 1 aliphatic rings. The first-order valence-electron chi connectivity index (χ1n) is 13.1. The van der Waals surface area contributed by atoms with E-state index in [9.17, 15) is 4.39 Å². The van der Waals surface area contributed by atoms with E-state index in [1.807, 2.05) is 19.1 Å². The van der Waals surface area contributed by atoms with E-state index in [0.717, 1.165) is 32.1 Å². The molecule has 1 saturated carbocycles. The summed E-state index contributed by atoms with van der Waals surface area (Å²) in [5, 5.41) is 0. The Bertz CT molecular complexity index is 1140. The highest BCUT2D eigenvalue weighted by atomic mass is 19.2. The molecule has 3 aromatic carbocycles. The summed E-state index contributed by atoms with van der Waals surface area (Å²) in [6, 6.07) is 15.5. The Kier molecular flexibility index (Phi) is 8.95. The van der Waals surface area contributed by atoms with Crippen molar-refractivity contribution < 1.29 is 22.6 Å². The summed E-state index contributed by atoms with van der Waals surface area (Å²) in [4.78, 5) is 0. The van der Waals surface area contributed by atoms with Gasteiger partial charge < -0.3 is 9.47 Å². The predicted molar refractivity (Wildman–Crippen MR) is 138 cm³/mol. The van der Waals surface area contributed by atoms with Crippen molar-refractivity contribution in [2.24, 2.45) is 0 Å². The first kappa shape index (κ1) is 26.1. The molecular formula is C31H35F3O2. The molecule has 0 atom stereocenters. The average Bonchev–Trinajstić information content (AvgIpc) is 2.90. The largest absolute Gasteiger partial charge is 0.494 e. The molecule has 0 heterocycles. The van der Waals surface area contributed by atoms with Gasteiger partial charge in [-0.2, -0.15) is 0 Å². The molecule has 0 spiro atoms. The molecule has 2 nitrogen and oxygen atoms in total. The van der Waals surface area contributed by atoms with Crippen molar-refractivity contribution in [3.05, 3.63) is 83.2 Å². The minimum absolute atomic E-state index is 0.0747. The Balaban J connectivity index is 1.41. The van der Waals surface area contributed by atoms with Gasteiger partial charge in [-0.25, -0.2) is 13.2 Å². The lowest BCUT2D eigenvalue weighted by Crippen LogP contribution is -2.15. The van der Waals surface area contributed by atoms with E-state index >= 15 is 8.78 Å². The van der Waals surface area contributed by atoms with Crippen molar-refractivity contribution in [1.29, 1.82) is 0 Å². The molecule has 0 aliphatic heterocycles. The molecule has 4 rings (SSSR count). The minimum Gasteiger partial charge on any atom is -0.494 e.